The maximum Gasteiger partial charge on any atom is 0.470 e. The molecule has 118 valence electrons. The summed E-state index contributed by atoms with van der Waals surface area (Å²) in [6.07, 6.45) is -4.86. The van der Waals surface area contributed by atoms with E-state index in [2.05, 4.69) is 14.5 Å². The van der Waals surface area contributed by atoms with Crippen molar-refractivity contribution < 1.29 is 33.8 Å². The summed E-state index contributed by atoms with van der Waals surface area (Å²) in [5.74, 6) is -0.287. The predicted molar refractivity (Wildman–Crippen MR) is 64.6 cm³/mol. The van der Waals surface area contributed by atoms with Crippen molar-refractivity contribution in [1.29, 1.82) is 0 Å². The summed E-state index contributed by atoms with van der Waals surface area (Å²) < 4.78 is 21.2. The van der Waals surface area contributed by atoms with E-state index < -0.39 is 44.7 Å². The van der Waals surface area contributed by atoms with Crippen LogP contribution in [0.15, 0.2) is 11.1 Å². The molecule has 1 fully saturated rings. The van der Waals surface area contributed by atoms with E-state index in [1.165, 1.54) is 0 Å². The van der Waals surface area contributed by atoms with Gasteiger partial charge >= 0.3 is 13.5 Å². The third-order valence-electron chi connectivity index (χ3n) is 2.77. The average Bonchev–Trinajstić information content (AvgIpc) is 2.65. The summed E-state index contributed by atoms with van der Waals surface area (Å²) in [6.45, 7) is -0.692. The van der Waals surface area contributed by atoms with Gasteiger partial charge in [0.15, 0.2) is 6.23 Å². The van der Waals surface area contributed by atoms with Crippen molar-refractivity contribution in [1.82, 2.24) is 14.5 Å². The lowest BCUT2D eigenvalue weighted by Crippen LogP contribution is -2.37. The second kappa shape index (κ2) is 5.77. The number of hydrogen-bond donors (Lipinski definition) is 5. The van der Waals surface area contributed by atoms with Crippen molar-refractivity contribution in [3.8, 4) is 0 Å². The normalized spacial score (nSPS) is 29.7. The zero-order valence-electron chi connectivity index (χ0n) is 10.4. The predicted octanol–water partition coefficient (Wildman–Crippen LogP) is -3.05. The number of anilines is 1. The van der Waals surface area contributed by atoms with Gasteiger partial charge in [-0.3, -0.25) is 9.09 Å². The summed E-state index contributed by atoms with van der Waals surface area (Å²) in [5.41, 5.74) is 4.33. The number of rotatable bonds is 4. The lowest BCUT2D eigenvalue weighted by molar-refractivity contribution is -0.0553. The van der Waals surface area contributed by atoms with Crippen LogP contribution in [0.4, 0.5) is 5.95 Å². The minimum atomic E-state index is -4.93. The molecule has 12 nitrogen and oxygen atoms in total. The number of ether oxygens (including phenoxy) is 1. The zero-order chi connectivity index (χ0) is 15.8. The molecule has 1 aliphatic heterocycles. The highest BCUT2D eigenvalue weighted by molar-refractivity contribution is 7.46. The molecule has 1 aliphatic rings. The van der Waals surface area contributed by atoms with Crippen molar-refractivity contribution in [3.05, 3.63) is 16.8 Å². The number of nitrogens with two attached hydrogens (primary N) is 1. The van der Waals surface area contributed by atoms with E-state index in [1.807, 2.05) is 0 Å². The highest BCUT2D eigenvalue weighted by atomic mass is 31.2. The highest BCUT2D eigenvalue weighted by Crippen LogP contribution is 2.43. The fraction of sp³-hybridized carbons (Fsp3) is 0.625. The number of hydrogen-bond acceptors (Lipinski definition) is 9. The molecule has 0 radical (unpaired) electrons. The Hall–Kier alpha value is -1.40. The molecular weight excluding hydrogens is 311 g/mol. The molecule has 2 heterocycles. The Morgan fingerprint density at radius 1 is 1.52 bits per heavy atom. The van der Waals surface area contributed by atoms with Crippen molar-refractivity contribution in [2.24, 2.45) is 0 Å². The van der Waals surface area contributed by atoms with Crippen LogP contribution in [0.3, 0.4) is 0 Å². The first kappa shape index (κ1) is 16.0. The van der Waals surface area contributed by atoms with Gasteiger partial charge in [-0.25, -0.2) is 14.3 Å². The van der Waals surface area contributed by atoms with E-state index in [0.717, 1.165) is 10.9 Å². The lowest BCUT2D eigenvalue weighted by Gasteiger charge is -2.19. The van der Waals surface area contributed by atoms with Crippen LogP contribution in [-0.2, 0) is 13.8 Å². The smallest absolute Gasteiger partial charge is 0.394 e. The summed E-state index contributed by atoms with van der Waals surface area (Å²) in [7, 11) is -4.93. The maximum atomic E-state index is 11.6. The minimum absolute atomic E-state index is 0.287. The molecule has 13 heteroatoms. The molecule has 0 aliphatic carbocycles. The second-order valence-electron chi connectivity index (χ2n) is 4.20. The number of aliphatic hydroxyl groups excluding tert-OH is 2. The van der Waals surface area contributed by atoms with Crippen molar-refractivity contribution >= 4 is 13.8 Å². The van der Waals surface area contributed by atoms with Crippen molar-refractivity contribution in [2.75, 3.05) is 12.3 Å². The molecule has 6 N–H and O–H groups in total. The van der Waals surface area contributed by atoms with Crippen LogP contribution in [0, 0.1) is 0 Å². The van der Waals surface area contributed by atoms with Crippen LogP contribution >= 0.6 is 7.82 Å². The molecule has 21 heavy (non-hydrogen) atoms. The summed E-state index contributed by atoms with van der Waals surface area (Å²) in [4.78, 5) is 36.1. The maximum absolute atomic E-state index is 11.6. The van der Waals surface area contributed by atoms with Crippen LogP contribution in [0.1, 0.15) is 6.23 Å². The lowest BCUT2D eigenvalue weighted by atomic mass is 10.1. The minimum Gasteiger partial charge on any atom is -0.394 e. The molecular formula is C8H13N4O8P. The van der Waals surface area contributed by atoms with Gasteiger partial charge in [-0.2, -0.15) is 4.98 Å². The van der Waals surface area contributed by atoms with Crippen LogP contribution in [0.2, 0.25) is 0 Å². The number of nitrogen functional groups attached to an aromatic ring is 1. The largest absolute Gasteiger partial charge is 0.470 e. The molecule has 1 aromatic heterocycles. The number of nitrogens with zero attached hydrogens (tertiary/aromatic N) is 3. The highest BCUT2D eigenvalue weighted by Gasteiger charge is 2.48. The summed E-state index contributed by atoms with van der Waals surface area (Å²) in [6, 6.07) is 0. The Bertz CT molecular complexity index is 617. The van der Waals surface area contributed by atoms with Gasteiger partial charge in [0.05, 0.1) is 6.61 Å². The molecule has 1 saturated heterocycles. The molecule has 2 unspecified atom stereocenters. The standard InChI is InChI=1S/C8H13N4O8P/c9-7-10-2-12(8(15)11-7)6-4(14)5(3(1-13)19-6)20-21(16,17)18/h2-6,13-14H,1H2,(H2,9,11,15)(H2,16,17,18)/t3-,4?,5?,6-/m1/s1. The van der Waals surface area contributed by atoms with Crippen LogP contribution in [0.5, 0.6) is 0 Å². The molecule has 0 spiro atoms. The molecule has 0 amide bonds. The number of aliphatic hydroxyl groups is 2. The molecule has 2 rings (SSSR count). The van der Waals surface area contributed by atoms with Gasteiger partial charge in [-0.05, 0) is 0 Å². The Labute approximate surface area is 117 Å². The van der Waals surface area contributed by atoms with Crippen molar-refractivity contribution in [2.45, 2.75) is 24.5 Å². The van der Waals surface area contributed by atoms with Gasteiger partial charge in [0.1, 0.15) is 24.6 Å². The van der Waals surface area contributed by atoms with Crippen LogP contribution in [-0.4, -0.2) is 59.5 Å². The first-order valence-corrected chi connectivity index (χ1v) is 7.15. The van der Waals surface area contributed by atoms with Crippen LogP contribution in [0.25, 0.3) is 0 Å². The average molecular weight is 324 g/mol. The SMILES string of the molecule is Nc1ncn([C@@H]2O[C@H](CO)C(OP(=O)(O)O)C2O)c(=O)n1. The monoisotopic (exact) mass is 324 g/mol. The van der Waals surface area contributed by atoms with Gasteiger partial charge in [-0.1, -0.05) is 0 Å². The van der Waals surface area contributed by atoms with E-state index in [0.29, 0.717) is 0 Å². The van der Waals surface area contributed by atoms with Crippen molar-refractivity contribution in [3.63, 3.8) is 0 Å². The molecule has 0 aromatic carbocycles. The third kappa shape index (κ3) is 3.44. The van der Waals surface area contributed by atoms with E-state index in [4.69, 9.17) is 25.4 Å². The number of phosphoric acid groups is 1. The summed E-state index contributed by atoms with van der Waals surface area (Å²) >= 11 is 0. The Morgan fingerprint density at radius 2 is 2.19 bits per heavy atom. The van der Waals surface area contributed by atoms with Gasteiger partial charge in [0.25, 0.3) is 0 Å². The van der Waals surface area contributed by atoms with E-state index in [-0.39, 0.29) is 5.95 Å². The second-order valence-corrected chi connectivity index (χ2v) is 5.40. The third-order valence-corrected chi connectivity index (χ3v) is 3.29. The first-order valence-electron chi connectivity index (χ1n) is 5.62. The zero-order valence-corrected chi connectivity index (χ0v) is 11.3. The molecule has 0 bridgehead atoms. The quantitative estimate of drug-likeness (QED) is 0.353. The molecule has 4 atom stereocenters. The van der Waals surface area contributed by atoms with Gasteiger partial charge < -0.3 is 30.5 Å². The van der Waals surface area contributed by atoms with Crippen LogP contribution < -0.4 is 11.4 Å². The van der Waals surface area contributed by atoms with E-state index in [1.54, 1.807) is 0 Å². The Morgan fingerprint density at radius 3 is 2.71 bits per heavy atom. The Balaban J connectivity index is 2.31. The number of phosphoric ester groups is 1. The van der Waals surface area contributed by atoms with Gasteiger partial charge in [0.2, 0.25) is 5.95 Å². The van der Waals surface area contributed by atoms with E-state index >= 15 is 0 Å². The van der Waals surface area contributed by atoms with Gasteiger partial charge in [0, 0.05) is 0 Å². The fourth-order valence-electron chi connectivity index (χ4n) is 1.91. The summed E-state index contributed by atoms with van der Waals surface area (Å²) in [5, 5.41) is 19.1. The first-order chi connectivity index (χ1) is 9.73. The molecule has 1 aromatic rings. The number of aromatic nitrogens is 3. The molecule has 0 saturated carbocycles. The Kier molecular flexibility index (Phi) is 4.39. The fourth-order valence-corrected chi connectivity index (χ4v) is 2.49. The van der Waals surface area contributed by atoms with Gasteiger partial charge in [-0.15, -0.1) is 0 Å². The van der Waals surface area contributed by atoms with E-state index in [9.17, 15) is 14.5 Å². The topological polar surface area (TPSA) is 190 Å².